The molecule has 3 rings (SSSR count). The molecular formula is C25H32N4O3. The van der Waals surface area contributed by atoms with E-state index >= 15 is 0 Å². The zero-order valence-electron chi connectivity index (χ0n) is 18.7. The second-order valence-electron chi connectivity index (χ2n) is 8.28. The summed E-state index contributed by atoms with van der Waals surface area (Å²) >= 11 is 0. The quantitative estimate of drug-likeness (QED) is 0.199. The van der Waals surface area contributed by atoms with E-state index in [0.717, 1.165) is 41.6 Å². The van der Waals surface area contributed by atoms with E-state index in [2.05, 4.69) is 34.6 Å². The molecule has 7 nitrogen and oxygen atoms in total. The summed E-state index contributed by atoms with van der Waals surface area (Å²) in [6.07, 6.45) is 5.56. The van der Waals surface area contributed by atoms with Gasteiger partial charge in [-0.15, -0.1) is 0 Å². The third-order valence-electron chi connectivity index (χ3n) is 5.38. The van der Waals surface area contributed by atoms with E-state index in [1.165, 1.54) is 5.39 Å². The number of nitrogens with one attached hydrogen (secondary N) is 3. The molecule has 0 spiro atoms. The smallest absolute Gasteiger partial charge is 0.322 e. The minimum atomic E-state index is -0.363. The van der Waals surface area contributed by atoms with E-state index < -0.39 is 0 Å². The Balaban J connectivity index is 1.65. The number of H-pyrrole nitrogens is 1. The Hall–Kier alpha value is -3.32. The molecule has 170 valence electrons. The van der Waals surface area contributed by atoms with Crippen LogP contribution < -0.4 is 15.7 Å². The SMILES string of the molecule is CC(C)NC(=O)N(CCCCCCC(=O)NO)c1ccc(-c2ccc3cc[nH]c3c2)cc1. The number of unbranched alkanes of at least 4 members (excludes halogenated alkanes) is 3. The molecule has 0 bridgehead atoms. The van der Waals surface area contributed by atoms with Crippen molar-refractivity contribution in [2.75, 3.05) is 11.4 Å². The van der Waals surface area contributed by atoms with E-state index in [9.17, 15) is 9.59 Å². The summed E-state index contributed by atoms with van der Waals surface area (Å²) in [5.74, 6) is -0.363. The molecule has 7 heteroatoms. The molecule has 32 heavy (non-hydrogen) atoms. The fraction of sp³-hybridized carbons (Fsp3) is 0.360. The number of hydroxylamine groups is 1. The summed E-state index contributed by atoms with van der Waals surface area (Å²) in [4.78, 5) is 28.9. The van der Waals surface area contributed by atoms with Crippen molar-refractivity contribution < 1.29 is 14.8 Å². The molecule has 0 saturated carbocycles. The highest BCUT2D eigenvalue weighted by atomic mass is 16.5. The number of urea groups is 1. The number of aromatic nitrogens is 1. The molecule has 1 aromatic heterocycles. The van der Waals surface area contributed by atoms with Crippen LogP contribution >= 0.6 is 0 Å². The van der Waals surface area contributed by atoms with Crippen molar-refractivity contribution in [3.8, 4) is 11.1 Å². The summed E-state index contributed by atoms with van der Waals surface area (Å²) in [6.45, 7) is 4.49. The normalized spacial score (nSPS) is 11.0. The van der Waals surface area contributed by atoms with Crippen molar-refractivity contribution in [3.63, 3.8) is 0 Å². The van der Waals surface area contributed by atoms with Gasteiger partial charge in [0.2, 0.25) is 5.91 Å². The zero-order chi connectivity index (χ0) is 22.9. The van der Waals surface area contributed by atoms with Gasteiger partial charge >= 0.3 is 6.03 Å². The number of hydrogen-bond acceptors (Lipinski definition) is 3. The molecule has 0 aliphatic carbocycles. The van der Waals surface area contributed by atoms with Gasteiger partial charge in [0.1, 0.15) is 0 Å². The Morgan fingerprint density at radius 2 is 1.69 bits per heavy atom. The standard InChI is InChI=1S/C25H32N4O3/c1-18(2)27-25(31)29(16-6-4-3-5-7-24(30)28-32)22-12-10-19(11-13-22)21-9-8-20-14-15-26-23(20)17-21/h8-15,17-18,26,32H,3-7,16H2,1-2H3,(H,27,31)(H,28,30). The van der Waals surface area contributed by atoms with E-state index in [4.69, 9.17) is 5.21 Å². The van der Waals surface area contributed by atoms with Gasteiger partial charge in [-0.3, -0.25) is 14.9 Å². The highest BCUT2D eigenvalue weighted by Gasteiger charge is 2.16. The van der Waals surface area contributed by atoms with Crippen LogP contribution in [0.5, 0.6) is 0 Å². The van der Waals surface area contributed by atoms with Gasteiger partial charge in [-0.2, -0.15) is 0 Å². The third kappa shape index (κ3) is 6.34. The largest absolute Gasteiger partial charge is 0.361 e. The fourth-order valence-corrected chi connectivity index (χ4v) is 3.70. The maximum Gasteiger partial charge on any atom is 0.322 e. The molecule has 0 atom stereocenters. The van der Waals surface area contributed by atoms with Gasteiger partial charge in [0.05, 0.1) is 0 Å². The van der Waals surface area contributed by atoms with Gasteiger partial charge in [-0.05, 0) is 67.5 Å². The van der Waals surface area contributed by atoms with Gasteiger partial charge in [0, 0.05) is 36.4 Å². The molecule has 3 amide bonds. The first-order valence-electron chi connectivity index (χ1n) is 11.2. The van der Waals surface area contributed by atoms with Crippen LogP contribution in [-0.4, -0.2) is 34.7 Å². The van der Waals surface area contributed by atoms with Crippen LogP contribution in [0.3, 0.4) is 0 Å². The fourth-order valence-electron chi connectivity index (χ4n) is 3.70. The number of rotatable bonds is 10. The average molecular weight is 437 g/mol. The maximum absolute atomic E-state index is 12.8. The number of carbonyl (C=O) groups excluding carboxylic acids is 2. The monoisotopic (exact) mass is 436 g/mol. The lowest BCUT2D eigenvalue weighted by molar-refractivity contribution is -0.129. The molecule has 0 saturated heterocycles. The molecule has 4 N–H and O–H groups in total. The van der Waals surface area contributed by atoms with E-state index in [-0.39, 0.29) is 18.0 Å². The van der Waals surface area contributed by atoms with Crippen molar-refractivity contribution in [3.05, 3.63) is 54.7 Å². The molecule has 1 heterocycles. The molecule has 0 radical (unpaired) electrons. The Bertz CT molecular complexity index is 1030. The number of aromatic amines is 1. The molecule has 0 aliphatic rings. The van der Waals surface area contributed by atoms with Crippen molar-refractivity contribution in [2.45, 2.75) is 52.0 Å². The average Bonchev–Trinajstić information content (AvgIpc) is 3.26. The molecule has 0 fully saturated rings. The van der Waals surface area contributed by atoms with Crippen LogP contribution in [0.4, 0.5) is 10.5 Å². The van der Waals surface area contributed by atoms with Gasteiger partial charge < -0.3 is 10.3 Å². The Morgan fingerprint density at radius 1 is 0.969 bits per heavy atom. The lowest BCUT2D eigenvalue weighted by Gasteiger charge is -2.25. The summed E-state index contributed by atoms with van der Waals surface area (Å²) in [5.41, 5.74) is 5.82. The number of nitrogens with zero attached hydrogens (tertiary/aromatic N) is 1. The van der Waals surface area contributed by atoms with Crippen LogP contribution in [0, 0.1) is 0 Å². The number of fused-ring (bicyclic) bond motifs is 1. The summed E-state index contributed by atoms with van der Waals surface area (Å²) in [5, 5.41) is 12.7. The van der Waals surface area contributed by atoms with Gasteiger partial charge in [-0.25, -0.2) is 10.3 Å². The van der Waals surface area contributed by atoms with Crippen molar-refractivity contribution in [1.29, 1.82) is 0 Å². The number of carbonyl (C=O) groups is 2. The summed E-state index contributed by atoms with van der Waals surface area (Å²) < 4.78 is 0. The van der Waals surface area contributed by atoms with Gasteiger partial charge in [0.15, 0.2) is 0 Å². The van der Waals surface area contributed by atoms with Crippen LogP contribution in [0.25, 0.3) is 22.0 Å². The van der Waals surface area contributed by atoms with E-state index in [1.54, 1.807) is 10.4 Å². The summed E-state index contributed by atoms with van der Waals surface area (Å²) in [6, 6.07) is 16.4. The summed E-state index contributed by atoms with van der Waals surface area (Å²) in [7, 11) is 0. The highest BCUT2D eigenvalue weighted by Crippen LogP contribution is 2.26. The molecule has 3 aromatic rings. The second-order valence-corrected chi connectivity index (χ2v) is 8.28. The Labute approximate surface area is 188 Å². The lowest BCUT2D eigenvalue weighted by atomic mass is 10.0. The van der Waals surface area contributed by atoms with Gasteiger partial charge in [-0.1, -0.05) is 37.1 Å². The van der Waals surface area contributed by atoms with Crippen LogP contribution in [0.1, 0.15) is 46.0 Å². The predicted molar refractivity (Wildman–Crippen MR) is 128 cm³/mol. The minimum Gasteiger partial charge on any atom is -0.361 e. The molecular weight excluding hydrogens is 404 g/mol. The van der Waals surface area contributed by atoms with Crippen LogP contribution in [0.2, 0.25) is 0 Å². The first-order valence-corrected chi connectivity index (χ1v) is 11.2. The number of hydrogen-bond donors (Lipinski definition) is 4. The topological polar surface area (TPSA) is 97.5 Å². The number of benzene rings is 2. The first-order chi connectivity index (χ1) is 15.5. The van der Waals surface area contributed by atoms with Crippen molar-refractivity contribution in [2.24, 2.45) is 0 Å². The van der Waals surface area contributed by atoms with E-state index in [0.29, 0.717) is 19.4 Å². The number of amides is 3. The maximum atomic E-state index is 12.8. The van der Waals surface area contributed by atoms with Gasteiger partial charge in [0.25, 0.3) is 0 Å². The third-order valence-corrected chi connectivity index (χ3v) is 5.38. The minimum absolute atomic E-state index is 0.0498. The Morgan fingerprint density at radius 3 is 2.41 bits per heavy atom. The number of anilines is 1. The van der Waals surface area contributed by atoms with Crippen LogP contribution in [0.15, 0.2) is 54.7 Å². The lowest BCUT2D eigenvalue weighted by Crippen LogP contribution is -2.43. The van der Waals surface area contributed by atoms with Crippen molar-refractivity contribution >= 4 is 28.5 Å². The molecule has 0 unspecified atom stereocenters. The Kier molecular flexibility index (Phi) is 8.27. The van der Waals surface area contributed by atoms with E-state index in [1.807, 2.05) is 44.3 Å². The predicted octanol–water partition coefficient (Wildman–Crippen LogP) is 5.22. The second kappa shape index (κ2) is 11.3. The first kappa shape index (κ1) is 23.3. The van der Waals surface area contributed by atoms with Crippen molar-refractivity contribution in [1.82, 2.24) is 15.8 Å². The molecule has 0 aliphatic heterocycles. The highest BCUT2D eigenvalue weighted by molar-refractivity contribution is 5.92. The van der Waals surface area contributed by atoms with Crippen LogP contribution in [-0.2, 0) is 4.79 Å². The zero-order valence-corrected chi connectivity index (χ0v) is 18.7. The molecule has 2 aromatic carbocycles.